The molecule has 1 aliphatic rings. The standard InChI is InChI=1S/C18H22N2O2S/c19-10-11-22-15-8-6-14(7-9-15)20-18(21)17-12-13-4-2-1-3-5-16(13)23-17/h6-9,12H,1-5,10-11,19H2,(H,20,21). The molecule has 2 aromatic rings. The fraction of sp³-hybridized carbons (Fsp3) is 0.389. The zero-order valence-corrected chi connectivity index (χ0v) is 14.0. The van der Waals surface area contributed by atoms with Crippen molar-refractivity contribution in [3.63, 3.8) is 0 Å². The Balaban J connectivity index is 1.64. The van der Waals surface area contributed by atoms with Gasteiger partial charge in [0.05, 0.1) is 4.88 Å². The highest BCUT2D eigenvalue weighted by Gasteiger charge is 2.16. The molecule has 0 bridgehead atoms. The van der Waals surface area contributed by atoms with Crippen LogP contribution in [0.15, 0.2) is 30.3 Å². The van der Waals surface area contributed by atoms with E-state index in [0.29, 0.717) is 13.2 Å². The van der Waals surface area contributed by atoms with E-state index in [4.69, 9.17) is 10.5 Å². The van der Waals surface area contributed by atoms with E-state index >= 15 is 0 Å². The highest BCUT2D eigenvalue weighted by Crippen LogP contribution is 2.29. The molecule has 1 aromatic carbocycles. The number of rotatable bonds is 5. The van der Waals surface area contributed by atoms with E-state index in [1.807, 2.05) is 24.3 Å². The van der Waals surface area contributed by atoms with Crippen LogP contribution in [0.4, 0.5) is 5.69 Å². The van der Waals surface area contributed by atoms with Crippen LogP contribution >= 0.6 is 11.3 Å². The molecule has 0 saturated heterocycles. The summed E-state index contributed by atoms with van der Waals surface area (Å²) in [6.07, 6.45) is 5.97. The molecule has 0 aliphatic heterocycles. The molecule has 1 aliphatic carbocycles. The normalized spacial score (nSPS) is 14.0. The minimum absolute atomic E-state index is 0.0290. The van der Waals surface area contributed by atoms with Crippen LogP contribution in [0.25, 0.3) is 0 Å². The second-order valence-electron chi connectivity index (χ2n) is 5.74. The zero-order valence-electron chi connectivity index (χ0n) is 13.1. The second-order valence-corrected chi connectivity index (χ2v) is 6.87. The first-order valence-electron chi connectivity index (χ1n) is 8.12. The Kier molecular flexibility index (Phi) is 5.31. The van der Waals surface area contributed by atoms with Gasteiger partial charge in [0, 0.05) is 17.1 Å². The van der Waals surface area contributed by atoms with Crippen LogP contribution < -0.4 is 15.8 Å². The SMILES string of the molecule is NCCOc1ccc(NC(=O)c2cc3c(s2)CCCCC3)cc1. The molecule has 1 amide bonds. The number of anilines is 1. The molecule has 23 heavy (non-hydrogen) atoms. The summed E-state index contributed by atoms with van der Waals surface area (Å²) in [7, 11) is 0. The summed E-state index contributed by atoms with van der Waals surface area (Å²) in [6, 6.07) is 9.45. The molecule has 0 fully saturated rings. The minimum atomic E-state index is -0.0290. The molecule has 0 saturated carbocycles. The predicted molar refractivity (Wildman–Crippen MR) is 94.5 cm³/mol. The minimum Gasteiger partial charge on any atom is -0.492 e. The van der Waals surface area contributed by atoms with Gasteiger partial charge in [-0.25, -0.2) is 0 Å². The van der Waals surface area contributed by atoms with E-state index in [1.54, 1.807) is 11.3 Å². The third kappa shape index (κ3) is 4.12. The molecule has 5 heteroatoms. The van der Waals surface area contributed by atoms with Gasteiger partial charge in [-0.15, -0.1) is 11.3 Å². The summed E-state index contributed by atoms with van der Waals surface area (Å²) in [6.45, 7) is 0.980. The lowest BCUT2D eigenvalue weighted by Crippen LogP contribution is -2.11. The van der Waals surface area contributed by atoms with Gasteiger partial charge in [-0.1, -0.05) is 6.42 Å². The largest absolute Gasteiger partial charge is 0.492 e. The molecule has 0 spiro atoms. The monoisotopic (exact) mass is 330 g/mol. The van der Waals surface area contributed by atoms with E-state index in [1.165, 1.54) is 29.7 Å². The van der Waals surface area contributed by atoms with Gasteiger partial charge in [-0.2, -0.15) is 0 Å². The van der Waals surface area contributed by atoms with E-state index in [9.17, 15) is 4.79 Å². The Morgan fingerprint density at radius 2 is 1.96 bits per heavy atom. The number of ether oxygens (including phenoxy) is 1. The molecule has 1 aromatic heterocycles. The smallest absolute Gasteiger partial charge is 0.265 e. The summed E-state index contributed by atoms with van der Waals surface area (Å²) in [5.74, 6) is 0.731. The number of aryl methyl sites for hydroxylation is 2. The number of hydrogen-bond acceptors (Lipinski definition) is 4. The highest BCUT2D eigenvalue weighted by molar-refractivity contribution is 7.14. The summed E-state index contributed by atoms with van der Waals surface area (Å²) in [5.41, 5.74) is 7.55. The summed E-state index contributed by atoms with van der Waals surface area (Å²) >= 11 is 1.64. The number of amides is 1. The van der Waals surface area contributed by atoms with Gasteiger partial charge >= 0.3 is 0 Å². The molecule has 0 radical (unpaired) electrons. The molecule has 1 heterocycles. The first kappa shape index (κ1) is 16.0. The maximum absolute atomic E-state index is 12.4. The van der Waals surface area contributed by atoms with Gasteiger partial charge in [0.1, 0.15) is 12.4 Å². The van der Waals surface area contributed by atoms with Crippen LogP contribution in [0.3, 0.4) is 0 Å². The second kappa shape index (κ2) is 7.62. The average molecular weight is 330 g/mol. The average Bonchev–Trinajstić information content (AvgIpc) is 2.85. The first-order chi connectivity index (χ1) is 11.3. The Hall–Kier alpha value is -1.85. The number of hydrogen-bond donors (Lipinski definition) is 2. The van der Waals surface area contributed by atoms with Crippen LogP contribution in [-0.4, -0.2) is 19.1 Å². The molecular formula is C18H22N2O2S. The number of benzene rings is 1. The first-order valence-corrected chi connectivity index (χ1v) is 8.94. The van der Waals surface area contributed by atoms with Crippen molar-refractivity contribution in [2.24, 2.45) is 5.73 Å². The number of carbonyl (C=O) groups is 1. The van der Waals surface area contributed by atoms with Gasteiger partial charge in [-0.3, -0.25) is 4.79 Å². The quantitative estimate of drug-likeness (QED) is 0.823. The Bertz CT molecular complexity index is 641. The van der Waals surface area contributed by atoms with Crippen molar-refractivity contribution in [3.05, 3.63) is 45.6 Å². The topological polar surface area (TPSA) is 64.3 Å². The van der Waals surface area contributed by atoms with Crippen LogP contribution in [0.5, 0.6) is 5.75 Å². The van der Waals surface area contributed by atoms with Crippen molar-refractivity contribution in [1.29, 1.82) is 0 Å². The van der Waals surface area contributed by atoms with Gasteiger partial charge < -0.3 is 15.8 Å². The molecular weight excluding hydrogens is 308 g/mol. The lowest BCUT2D eigenvalue weighted by Gasteiger charge is -2.07. The molecule has 3 N–H and O–H groups in total. The molecule has 0 atom stereocenters. The highest BCUT2D eigenvalue weighted by atomic mass is 32.1. The maximum atomic E-state index is 12.4. The number of fused-ring (bicyclic) bond motifs is 1. The molecule has 3 rings (SSSR count). The fourth-order valence-corrected chi connectivity index (χ4v) is 3.93. The number of nitrogens with one attached hydrogen (secondary N) is 1. The number of nitrogens with two attached hydrogens (primary N) is 1. The lowest BCUT2D eigenvalue weighted by atomic mass is 10.1. The predicted octanol–water partition coefficient (Wildman–Crippen LogP) is 3.61. The molecule has 0 unspecified atom stereocenters. The van der Waals surface area contributed by atoms with Gasteiger partial charge in [-0.05, 0) is 61.6 Å². The Morgan fingerprint density at radius 1 is 1.17 bits per heavy atom. The van der Waals surface area contributed by atoms with Crippen LogP contribution in [-0.2, 0) is 12.8 Å². The lowest BCUT2D eigenvalue weighted by molar-refractivity contribution is 0.103. The van der Waals surface area contributed by atoms with Gasteiger partial charge in [0.2, 0.25) is 0 Å². The summed E-state index contributed by atoms with van der Waals surface area (Å²) in [4.78, 5) is 14.6. The van der Waals surface area contributed by atoms with Crippen molar-refractivity contribution in [2.75, 3.05) is 18.5 Å². The van der Waals surface area contributed by atoms with E-state index < -0.39 is 0 Å². The number of carbonyl (C=O) groups excluding carboxylic acids is 1. The zero-order chi connectivity index (χ0) is 16.1. The third-order valence-corrected chi connectivity index (χ3v) is 5.21. The fourth-order valence-electron chi connectivity index (χ4n) is 2.78. The Labute approximate surface area is 140 Å². The van der Waals surface area contributed by atoms with Gasteiger partial charge in [0.15, 0.2) is 0 Å². The van der Waals surface area contributed by atoms with Crippen molar-refractivity contribution in [3.8, 4) is 5.75 Å². The van der Waals surface area contributed by atoms with Crippen molar-refractivity contribution < 1.29 is 9.53 Å². The summed E-state index contributed by atoms with van der Waals surface area (Å²) < 4.78 is 5.43. The van der Waals surface area contributed by atoms with E-state index in [0.717, 1.165) is 29.2 Å². The number of thiophene rings is 1. The van der Waals surface area contributed by atoms with E-state index in [-0.39, 0.29) is 5.91 Å². The molecule has 4 nitrogen and oxygen atoms in total. The Morgan fingerprint density at radius 3 is 2.74 bits per heavy atom. The van der Waals surface area contributed by atoms with Crippen LogP contribution in [0.2, 0.25) is 0 Å². The van der Waals surface area contributed by atoms with Crippen molar-refractivity contribution in [1.82, 2.24) is 0 Å². The third-order valence-electron chi connectivity index (χ3n) is 3.97. The maximum Gasteiger partial charge on any atom is 0.265 e. The molecule has 122 valence electrons. The van der Waals surface area contributed by atoms with Crippen molar-refractivity contribution >= 4 is 22.9 Å². The van der Waals surface area contributed by atoms with Gasteiger partial charge in [0.25, 0.3) is 5.91 Å². The summed E-state index contributed by atoms with van der Waals surface area (Å²) in [5, 5.41) is 2.96. The van der Waals surface area contributed by atoms with Crippen LogP contribution in [0, 0.1) is 0 Å². The van der Waals surface area contributed by atoms with Crippen molar-refractivity contribution in [2.45, 2.75) is 32.1 Å². The van der Waals surface area contributed by atoms with E-state index in [2.05, 4.69) is 11.4 Å². The van der Waals surface area contributed by atoms with Crippen LogP contribution in [0.1, 0.15) is 39.4 Å².